The van der Waals surface area contributed by atoms with E-state index >= 15 is 0 Å². The topological polar surface area (TPSA) is 76.0 Å². The Morgan fingerprint density at radius 3 is 2.19 bits per heavy atom. The zero-order valence-corrected chi connectivity index (χ0v) is 13.7. The third-order valence-electron chi connectivity index (χ3n) is 6.46. The van der Waals surface area contributed by atoms with Gasteiger partial charge in [-0.3, -0.25) is 4.90 Å². The van der Waals surface area contributed by atoms with Gasteiger partial charge < -0.3 is 20.6 Å². The first-order chi connectivity index (χ1) is 9.94. The van der Waals surface area contributed by atoms with Crippen LogP contribution in [-0.4, -0.2) is 71.8 Å². The highest BCUT2D eigenvalue weighted by Gasteiger charge is 2.66. The minimum Gasteiger partial charge on any atom is -0.395 e. The number of aliphatic hydroxyl groups is 3. The first-order valence-corrected chi connectivity index (χ1v) is 8.24. The number of fused-ring (bicyclic) bond motifs is 2. The van der Waals surface area contributed by atoms with Gasteiger partial charge in [-0.1, -0.05) is 20.8 Å². The van der Waals surface area contributed by atoms with Crippen LogP contribution in [0.5, 0.6) is 0 Å². The third-order valence-corrected chi connectivity index (χ3v) is 6.46. The summed E-state index contributed by atoms with van der Waals surface area (Å²) in [6.07, 6.45) is 2.41. The normalized spacial score (nSPS) is 37.6. The summed E-state index contributed by atoms with van der Waals surface area (Å²) in [4.78, 5) is 2.25. The maximum Gasteiger partial charge on any atom is 0.0558 e. The third kappa shape index (κ3) is 2.63. The second-order valence-electron chi connectivity index (χ2n) is 7.42. The van der Waals surface area contributed by atoms with Crippen molar-refractivity contribution in [3.63, 3.8) is 0 Å². The molecule has 0 aliphatic heterocycles. The van der Waals surface area contributed by atoms with Crippen LogP contribution in [0.4, 0.5) is 0 Å². The molecule has 4 atom stereocenters. The van der Waals surface area contributed by atoms with Crippen molar-refractivity contribution in [2.24, 2.45) is 16.7 Å². The van der Waals surface area contributed by atoms with Crippen molar-refractivity contribution in [2.75, 3.05) is 39.5 Å². The summed E-state index contributed by atoms with van der Waals surface area (Å²) in [5.74, 6) is 0.582. The number of aliphatic hydroxyl groups excluding tert-OH is 3. The molecule has 5 nitrogen and oxygen atoms in total. The summed E-state index contributed by atoms with van der Waals surface area (Å²) in [6.45, 7) is 9.25. The van der Waals surface area contributed by atoms with Crippen LogP contribution >= 0.6 is 0 Å². The molecule has 21 heavy (non-hydrogen) atoms. The number of hydrogen-bond donors (Lipinski definition) is 4. The average Bonchev–Trinajstić information content (AvgIpc) is 2.75. The molecule has 2 rings (SSSR count). The van der Waals surface area contributed by atoms with Gasteiger partial charge in [-0.15, -0.1) is 0 Å². The average molecular weight is 300 g/mol. The Morgan fingerprint density at radius 2 is 1.67 bits per heavy atom. The molecule has 0 amide bonds. The molecule has 5 heteroatoms. The summed E-state index contributed by atoms with van der Waals surface area (Å²) in [5.41, 5.74) is 0.406. The van der Waals surface area contributed by atoms with Gasteiger partial charge in [0.15, 0.2) is 0 Å². The highest BCUT2D eigenvalue weighted by molar-refractivity contribution is 5.20. The molecule has 0 aromatic carbocycles. The second-order valence-corrected chi connectivity index (χ2v) is 7.42. The van der Waals surface area contributed by atoms with Crippen LogP contribution in [0.1, 0.15) is 33.6 Å². The van der Waals surface area contributed by atoms with Crippen LogP contribution in [0.3, 0.4) is 0 Å². The maximum atomic E-state index is 9.39. The van der Waals surface area contributed by atoms with E-state index in [9.17, 15) is 10.2 Å². The lowest BCUT2D eigenvalue weighted by Gasteiger charge is -2.46. The summed E-state index contributed by atoms with van der Waals surface area (Å²) in [5, 5.41) is 31.5. The van der Waals surface area contributed by atoms with Gasteiger partial charge in [-0.2, -0.15) is 0 Å². The molecular formula is C16H32N2O3. The summed E-state index contributed by atoms with van der Waals surface area (Å²) < 4.78 is 0. The van der Waals surface area contributed by atoms with Gasteiger partial charge in [0.05, 0.1) is 19.8 Å². The minimum atomic E-state index is 0.115. The Bertz CT molecular complexity index is 344. The second kappa shape index (κ2) is 6.50. The molecule has 2 aliphatic rings. The highest BCUT2D eigenvalue weighted by Crippen LogP contribution is 2.66. The highest BCUT2D eigenvalue weighted by atomic mass is 16.3. The monoisotopic (exact) mass is 300 g/mol. The standard InChI is InChI=1S/C16H32N2O3/c1-15(2)12-4-5-16(15,3)14(13(12)17-6-9-19)18(7-10-20)8-11-21/h12-14,17,19-21H,4-11H2,1-3H3. The maximum absolute atomic E-state index is 9.39. The Labute approximate surface area is 128 Å². The molecule has 0 radical (unpaired) electrons. The van der Waals surface area contributed by atoms with Gasteiger partial charge in [0.25, 0.3) is 0 Å². The molecule has 2 aliphatic carbocycles. The number of hydrogen-bond acceptors (Lipinski definition) is 5. The Balaban J connectivity index is 2.29. The van der Waals surface area contributed by atoms with E-state index in [1.54, 1.807) is 0 Å². The van der Waals surface area contributed by atoms with Crippen molar-refractivity contribution in [1.82, 2.24) is 10.2 Å². The fraction of sp³-hybridized carbons (Fsp3) is 1.00. The van der Waals surface area contributed by atoms with Crippen molar-refractivity contribution in [1.29, 1.82) is 0 Å². The molecule has 0 aromatic rings. The van der Waals surface area contributed by atoms with Crippen molar-refractivity contribution in [3.8, 4) is 0 Å². The van der Waals surface area contributed by atoms with E-state index in [0.717, 1.165) is 0 Å². The first-order valence-electron chi connectivity index (χ1n) is 8.24. The quantitative estimate of drug-likeness (QED) is 0.510. The van der Waals surface area contributed by atoms with Crippen LogP contribution in [-0.2, 0) is 0 Å². The molecule has 0 saturated heterocycles. The molecule has 0 heterocycles. The zero-order chi connectivity index (χ0) is 15.7. The lowest BCUT2D eigenvalue weighted by Crippen LogP contribution is -2.58. The van der Waals surface area contributed by atoms with Crippen LogP contribution in [0, 0.1) is 16.7 Å². The molecule has 2 bridgehead atoms. The van der Waals surface area contributed by atoms with E-state index in [1.807, 2.05) is 0 Å². The van der Waals surface area contributed by atoms with E-state index in [1.165, 1.54) is 12.8 Å². The van der Waals surface area contributed by atoms with E-state index in [-0.39, 0.29) is 30.7 Å². The van der Waals surface area contributed by atoms with Crippen molar-refractivity contribution < 1.29 is 15.3 Å². The summed E-state index contributed by atoms with van der Waals surface area (Å²) in [6, 6.07) is 0.626. The van der Waals surface area contributed by atoms with Gasteiger partial charge in [-0.05, 0) is 29.6 Å². The predicted octanol–water partition coefficient (Wildman–Crippen LogP) is 0.0482. The van der Waals surface area contributed by atoms with E-state index in [0.29, 0.717) is 37.6 Å². The zero-order valence-electron chi connectivity index (χ0n) is 13.7. The Hall–Kier alpha value is -0.200. The number of rotatable bonds is 8. The molecule has 2 saturated carbocycles. The Kier molecular flexibility index (Phi) is 5.31. The molecule has 124 valence electrons. The lowest BCUT2D eigenvalue weighted by atomic mass is 9.68. The smallest absolute Gasteiger partial charge is 0.0558 e. The van der Waals surface area contributed by atoms with Crippen molar-refractivity contribution in [2.45, 2.75) is 45.7 Å². The minimum absolute atomic E-state index is 0.115. The van der Waals surface area contributed by atoms with Crippen LogP contribution < -0.4 is 5.32 Å². The summed E-state index contributed by atoms with van der Waals surface area (Å²) >= 11 is 0. The predicted molar refractivity (Wildman–Crippen MR) is 83.0 cm³/mol. The van der Waals surface area contributed by atoms with Gasteiger partial charge in [-0.25, -0.2) is 0 Å². The van der Waals surface area contributed by atoms with E-state index in [2.05, 4.69) is 31.0 Å². The fourth-order valence-corrected chi connectivity index (χ4v) is 5.10. The van der Waals surface area contributed by atoms with E-state index < -0.39 is 0 Å². The van der Waals surface area contributed by atoms with Crippen molar-refractivity contribution >= 4 is 0 Å². The van der Waals surface area contributed by atoms with Crippen LogP contribution in [0.2, 0.25) is 0 Å². The van der Waals surface area contributed by atoms with Gasteiger partial charge >= 0.3 is 0 Å². The molecule has 4 unspecified atom stereocenters. The summed E-state index contributed by atoms with van der Waals surface area (Å²) in [7, 11) is 0. The fourth-order valence-electron chi connectivity index (χ4n) is 5.10. The van der Waals surface area contributed by atoms with Gasteiger partial charge in [0, 0.05) is 31.7 Å². The number of nitrogens with zero attached hydrogens (tertiary/aromatic N) is 1. The molecule has 4 N–H and O–H groups in total. The molecule has 2 fully saturated rings. The molecular weight excluding hydrogens is 268 g/mol. The first kappa shape index (κ1) is 17.2. The van der Waals surface area contributed by atoms with Crippen LogP contribution in [0.15, 0.2) is 0 Å². The lowest BCUT2D eigenvalue weighted by molar-refractivity contribution is 0.0146. The largest absolute Gasteiger partial charge is 0.395 e. The molecule has 0 spiro atoms. The van der Waals surface area contributed by atoms with Gasteiger partial charge in [0.1, 0.15) is 0 Å². The van der Waals surface area contributed by atoms with Crippen molar-refractivity contribution in [3.05, 3.63) is 0 Å². The van der Waals surface area contributed by atoms with Crippen LogP contribution in [0.25, 0.3) is 0 Å². The van der Waals surface area contributed by atoms with E-state index in [4.69, 9.17) is 5.11 Å². The molecule has 0 aromatic heterocycles. The van der Waals surface area contributed by atoms with Gasteiger partial charge in [0.2, 0.25) is 0 Å². The number of nitrogens with one attached hydrogen (secondary N) is 1. The SMILES string of the molecule is CC1(C)C2CCC1(C)C(N(CCO)CCO)C2NCCO. The Morgan fingerprint density at radius 1 is 1.05 bits per heavy atom.